The molecule has 3 rings (SSSR count). The third-order valence-electron chi connectivity index (χ3n) is 4.03. The van der Waals surface area contributed by atoms with Gasteiger partial charge in [-0.25, -0.2) is 4.39 Å². The van der Waals surface area contributed by atoms with Crippen LogP contribution in [-0.4, -0.2) is 4.68 Å². The first-order chi connectivity index (χ1) is 10.7. The van der Waals surface area contributed by atoms with Gasteiger partial charge in [-0.1, -0.05) is 43.3 Å². The Bertz CT molecular complexity index is 772. The van der Waals surface area contributed by atoms with E-state index >= 15 is 0 Å². The number of aromatic nitrogens is 1. The number of nitrogens with zero attached hydrogens (tertiary/aromatic N) is 1. The molecule has 3 aromatic rings. The molecule has 0 radical (unpaired) electrons. The Balaban J connectivity index is 2.01. The summed E-state index contributed by atoms with van der Waals surface area (Å²) in [5, 5.41) is 0. The average molecular weight is 294 g/mol. The molecule has 2 N–H and O–H groups in total. The largest absolute Gasteiger partial charge is 0.339 e. The second-order valence-corrected chi connectivity index (χ2v) is 5.39. The highest BCUT2D eigenvalue weighted by Crippen LogP contribution is 2.26. The zero-order valence-corrected chi connectivity index (χ0v) is 12.6. The van der Waals surface area contributed by atoms with Gasteiger partial charge in [0.15, 0.2) is 0 Å². The topological polar surface area (TPSA) is 30.9 Å². The maximum atomic E-state index is 13.1. The molecule has 0 unspecified atom stereocenters. The smallest absolute Gasteiger partial charge is 0.123 e. The number of benzene rings is 2. The van der Waals surface area contributed by atoms with E-state index in [0.29, 0.717) is 0 Å². The van der Waals surface area contributed by atoms with Crippen LogP contribution in [0.15, 0.2) is 60.8 Å². The lowest BCUT2D eigenvalue weighted by molar-refractivity contribution is 0.628. The van der Waals surface area contributed by atoms with Gasteiger partial charge in [0.25, 0.3) is 0 Å². The molecule has 0 saturated heterocycles. The number of hydrogen-bond donors (Lipinski definition) is 1. The van der Waals surface area contributed by atoms with Gasteiger partial charge in [-0.3, -0.25) is 4.68 Å². The molecule has 0 saturated carbocycles. The minimum absolute atomic E-state index is 0.217. The molecule has 1 aromatic heterocycles. The van der Waals surface area contributed by atoms with Crippen molar-refractivity contribution in [2.45, 2.75) is 19.8 Å². The third kappa shape index (κ3) is 2.75. The number of rotatable bonds is 4. The van der Waals surface area contributed by atoms with Crippen LogP contribution in [-0.2, 0) is 12.8 Å². The Morgan fingerprint density at radius 2 is 1.68 bits per heavy atom. The zero-order chi connectivity index (χ0) is 15.5. The van der Waals surface area contributed by atoms with Gasteiger partial charge in [-0.15, -0.1) is 0 Å². The summed E-state index contributed by atoms with van der Waals surface area (Å²) in [6.45, 7) is 2.13. The second kappa shape index (κ2) is 6.06. The second-order valence-electron chi connectivity index (χ2n) is 5.39. The van der Waals surface area contributed by atoms with Crippen molar-refractivity contribution in [1.29, 1.82) is 0 Å². The van der Waals surface area contributed by atoms with E-state index in [4.69, 9.17) is 5.84 Å². The molecule has 2 aromatic carbocycles. The molecule has 3 heteroatoms. The molecule has 0 fully saturated rings. The summed E-state index contributed by atoms with van der Waals surface area (Å²) in [7, 11) is 0. The predicted molar refractivity (Wildman–Crippen MR) is 88.6 cm³/mol. The summed E-state index contributed by atoms with van der Waals surface area (Å²) in [5.41, 5.74) is 5.71. The van der Waals surface area contributed by atoms with Gasteiger partial charge in [-0.05, 0) is 46.9 Å². The molecule has 0 aliphatic carbocycles. The first kappa shape index (κ1) is 14.4. The fourth-order valence-corrected chi connectivity index (χ4v) is 2.81. The molecule has 22 heavy (non-hydrogen) atoms. The van der Waals surface area contributed by atoms with Crippen LogP contribution in [0.1, 0.15) is 23.7 Å². The van der Waals surface area contributed by atoms with Crippen LogP contribution in [0.4, 0.5) is 4.39 Å². The Hall–Kier alpha value is -2.55. The summed E-state index contributed by atoms with van der Waals surface area (Å²) >= 11 is 0. The van der Waals surface area contributed by atoms with Crippen LogP contribution in [0.25, 0.3) is 11.1 Å². The van der Waals surface area contributed by atoms with Gasteiger partial charge >= 0.3 is 0 Å². The van der Waals surface area contributed by atoms with Crippen LogP contribution in [0, 0.1) is 5.82 Å². The Labute approximate surface area is 130 Å². The van der Waals surface area contributed by atoms with Crippen LogP contribution >= 0.6 is 0 Å². The van der Waals surface area contributed by atoms with E-state index in [-0.39, 0.29) is 5.82 Å². The van der Waals surface area contributed by atoms with Gasteiger partial charge in [0.05, 0.1) is 0 Å². The quantitative estimate of drug-likeness (QED) is 0.720. The lowest BCUT2D eigenvalue weighted by atomic mass is 9.95. The normalized spacial score (nSPS) is 10.8. The molecule has 112 valence electrons. The van der Waals surface area contributed by atoms with Crippen molar-refractivity contribution in [1.82, 2.24) is 4.68 Å². The predicted octanol–water partition coefficient (Wildman–Crippen LogP) is 4.16. The maximum Gasteiger partial charge on any atom is 0.123 e. The molecular formula is C19H19FN2. The SMILES string of the molecule is CCc1ccn(N)c1Cc1ccccc1-c1ccc(F)cc1. The molecule has 0 aliphatic heterocycles. The van der Waals surface area contributed by atoms with Gasteiger partial charge in [-0.2, -0.15) is 0 Å². The Kier molecular flexibility index (Phi) is 3.96. The molecular weight excluding hydrogens is 275 g/mol. The molecule has 0 atom stereocenters. The lowest BCUT2D eigenvalue weighted by Crippen LogP contribution is -2.12. The monoisotopic (exact) mass is 294 g/mol. The summed E-state index contributed by atoms with van der Waals surface area (Å²) < 4.78 is 14.8. The summed E-state index contributed by atoms with van der Waals surface area (Å²) in [4.78, 5) is 0. The highest BCUT2D eigenvalue weighted by molar-refractivity contribution is 5.67. The number of nitrogen functional groups attached to an aromatic ring is 1. The van der Waals surface area contributed by atoms with E-state index in [9.17, 15) is 4.39 Å². The standard InChI is InChI=1S/C19H19FN2/c1-2-14-11-12-22(21)19(14)13-16-5-3-4-6-18(16)15-7-9-17(20)10-8-15/h3-12H,2,13,21H2,1H3. The van der Waals surface area contributed by atoms with Crippen molar-refractivity contribution in [3.05, 3.63) is 83.4 Å². The Morgan fingerprint density at radius 3 is 2.41 bits per heavy atom. The molecule has 0 bridgehead atoms. The van der Waals surface area contributed by atoms with E-state index in [0.717, 1.165) is 29.7 Å². The minimum atomic E-state index is -0.217. The van der Waals surface area contributed by atoms with Gasteiger partial charge in [0.2, 0.25) is 0 Å². The summed E-state index contributed by atoms with van der Waals surface area (Å²) in [6, 6.07) is 16.9. The van der Waals surface area contributed by atoms with E-state index in [1.807, 2.05) is 30.5 Å². The minimum Gasteiger partial charge on any atom is -0.339 e. The fraction of sp³-hybridized carbons (Fsp3) is 0.158. The number of nitrogens with two attached hydrogens (primary N) is 1. The van der Waals surface area contributed by atoms with E-state index in [1.165, 1.54) is 23.3 Å². The van der Waals surface area contributed by atoms with Gasteiger partial charge in [0.1, 0.15) is 5.82 Å². The van der Waals surface area contributed by atoms with E-state index < -0.39 is 0 Å². The molecule has 1 heterocycles. The van der Waals surface area contributed by atoms with Crippen LogP contribution < -0.4 is 5.84 Å². The van der Waals surface area contributed by atoms with Gasteiger partial charge < -0.3 is 5.84 Å². The molecule has 0 aliphatic rings. The first-order valence-electron chi connectivity index (χ1n) is 7.47. The van der Waals surface area contributed by atoms with Crippen molar-refractivity contribution < 1.29 is 4.39 Å². The van der Waals surface area contributed by atoms with E-state index in [1.54, 1.807) is 4.68 Å². The third-order valence-corrected chi connectivity index (χ3v) is 4.03. The van der Waals surface area contributed by atoms with Crippen molar-refractivity contribution >= 4 is 0 Å². The Morgan fingerprint density at radius 1 is 0.955 bits per heavy atom. The fourth-order valence-electron chi connectivity index (χ4n) is 2.81. The molecule has 0 spiro atoms. The highest BCUT2D eigenvalue weighted by Gasteiger charge is 2.11. The van der Waals surface area contributed by atoms with Crippen LogP contribution in [0.2, 0.25) is 0 Å². The maximum absolute atomic E-state index is 13.1. The summed E-state index contributed by atoms with van der Waals surface area (Å²) in [5.74, 6) is 5.82. The lowest BCUT2D eigenvalue weighted by Gasteiger charge is -2.12. The molecule has 2 nitrogen and oxygen atoms in total. The van der Waals surface area contributed by atoms with Crippen LogP contribution in [0.3, 0.4) is 0 Å². The van der Waals surface area contributed by atoms with Crippen molar-refractivity contribution in [2.75, 3.05) is 5.84 Å². The van der Waals surface area contributed by atoms with E-state index in [2.05, 4.69) is 25.1 Å². The number of hydrogen-bond acceptors (Lipinski definition) is 1. The highest BCUT2D eigenvalue weighted by atomic mass is 19.1. The number of halogens is 1. The van der Waals surface area contributed by atoms with Crippen LogP contribution in [0.5, 0.6) is 0 Å². The first-order valence-corrected chi connectivity index (χ1v) is 7.47. The van der Waals surface area contributed by atoms with Crippen molar-refractivity contribution in [3.63, 3.8) is 0 Å². The van der Waals surface area contributed by atoms with Crippen molar-refractivity contribution in [2.24, 2.45) is 0 Å². The molecule has 0 amide bonds. The van der Waals surface area contributed by atoms with Crippen molar-refractivity contribution in [3.8, 4) is 11.1 Å². The summed E-state index contributed by atoms with van der Waals surface area (Å²) in [6.07, 6.45) is 3.62. The average Bonchev–Trinajstić information content (AvgIpc) is 2.89. The zero-order valence-electron chi connectivity index (χ0n) is 12.6. The van der Waals surface area contributed by atoms with Gasteiger partial charge in [0, 0.05) is 18.3 Å². The number of aryl methyl sites for hydroxylation is 1.